The van der Waals surface area contributed by atoms with Crippen molar-refractivity contribution in [2.45, 2.75) is 38.6 Å². The predicted octanol–water partition coefficient (Wildman–Crippen LogP) is 3.33. The Bertz CT molecular complexity index is 429. The molecule has 1 N–H and O–H groups in total. The fourth-order valence-electron chi connectivity index (χ4n) is 2.65. The van der Waals surface area contributed by atoms with Crippen LogP contribution < -0.4 is 10.1 Å². The molecule has 1 unspecified atom stereocenters. The summed E-state index contributed by atoms with van der Waals surface area (Å²) in [6, 6.07) is 4.81. The maximum Gasteiger partial charge on any atom is 0.125 e. The molecule has 0 saturated carbocycles. The number of methoxy groups -OCH3 is 1. The van der Waals surface area contributed by atoms with Crippen molar-refractivity contribution in [3.63, 3.8) is 0 Å². The molecule has 4 heteroatoms. The van der Waals surface area contributed by atoms with Crippen LogP contribution in [0.3, 0.4) is 0 Å². The van der Waals surface area contributed by atoms with Crippen LogP contribution >= 0.6 is 15.9 Å². The molecule has 0 aromatic heterocycles. The van der Waals surface area contributed by atoms with E-state index in [1.165, 1.54) is 11.1 Å². The third-order valence-electron chi connectivity index (χ3n) is 3.65. The standard InChI is InChI=1S/C16H24BrNO2/c1-3-6-18-15(5-7-19-2)11-13-10-14(17)9-12-4-8-20-16(12)13/h9-10,15,18H,3-8,11H2,1-2H3. The summed E-state index contributed by atoms with van der Waals surface area (Å²) in [6.07, 6.45) is 4.19. The summed E-state index contributed by atoms with van der Waals surface area (Å²) >= 11 is 3.61. The van der Waals surface area contributed by atoms with Gasteiger partial charge in [0.05, 0.1) is 6.61 Å². The highest BCUT2D eigenvalue weighted by Gasteiger charge is 2.20. The second kappa shape index (κ2) is 8.01. The first kappa shape index (κ1) is 15.8. The van der Waals surface area contributed by atoms with Crippen LogP contribution in [0.15, 0.2) is 16.6 Å². The lowest BCUT2D eigenvalue weighted by Crippen LogP contribution is -2.33. The average molecular weight is 342 g/mol. The molecule has 20 heavy (non-hydrogen) atoms. The molecular weight excluding hydrogens is 318 g/mol. The molecule has 0 spiro atoms. The van der Waals surface area contributed by atoms with Gasteiger partial charge in [-0.1, -0.05) is 22.9 Å². The molecule has 0 radical (unpaired) electrons. The van der Waals surface area contributed by atoms with Crippen molar-refractivity contribution in [2.24, 2.45) is 0 Å². The minimum Gasteiger partial charge on any atom is -0.493 e. The van der Waals surface area contributed by atoms with E-state index in [0.29, 0.717) is 6.04 Å². The largest absolute Gasteiger partial charge is 0.493 e. The highest BCUT2D eigenvalue weighted by Crippen LogP contribution is 2.33. The normalized spacial score (nSPS) is 14.9. The number of fused-ring (bicyclic) bond motifs is 1. The molecule has 0 amide bonds. The van der Waals surface area contributed by atoms with E-state index < -0.39 is 0 Å². The second-order valence-corrected chi connectivity index (χ2v) is 6.20. The van der Waals surface area contributed by atoms with E-state index in [0.717, 1.165) is 55.7 Å². The first-order valence-electron chi connectivity index (χ1n) is 7.41. The van der Waals surface area contributed by atoms with Crippen LogP contribution in [0.25, 0.3) is 0 Å². The van der Waals surface area contributed by atoms with Gasteiger partial charge in [-0.05, 0) is 49.1 Å². The zero-order valence-electron chi connectivity index (χ0n) is 12.4. The Morgan fingerprint density at radius 2 is 2.30 bits per heavy atom. The van der Waals surface area contributed by atoms with E-state index in [4.69, 9.17) is 9.47 Å². The van der Waals surface area contributed by atoms with E-state index in [-0.39, 0.29) is 0 Å². The molecule has 1 heterocycles. The lowest BCUT2D eigenvalue weighted by Gasteiger charge is -2.20. The van der Waals surface area contributed by atoms with E-state index in [2.05, 4.69) is 40.3 Å². The van der Waals surface area contributed by atoms with Crippen LogP contribution in [0, 0.1) is 0 Å². The van der Waals surface area contributed by atoms with Crippen molar-refractivity contribution >= 4 is 15.9 Å². The van der Waals surface area contributed by atoms with Crippen molar-refractivity contribution in [2.75, 3.05) is 26.9 Å². The Balaban J connectivity index is 2.09. The Labute approximate surface area is 130 Å². The molecule has 1 aliphatic heterocycles. The predicted molar refractivity (Wildman–Crippen MR) is 85.6 cm³/mol. The number of ether oxygens (including phenoxy) is 2. The highest BCUT2D eigenvalue weighted by molar-refractivity contribution is 9.10. The van der Waals surface area contributed by atoms with Crippen LogP contribution in [0.5, 0.6) is 5.75 Å². The molecule has 0 fully saturated rings. The van der Waals surface area contributed by atoms with Gasteiger partial charge in [0.25, 0.3) is 0 Å². The molecule has 1 aromatic carbocycles. The monoisotopic (exact) mass is 341 g/mol. The molecule has 1 aromatic rings. The number of benzene rings is 1. The zero-order chi connectivity index (χ0) is 14.4. The molecule has 2 rings (SSSR count). The third-order valence-corrected chi connectivity index (χ3v) is 4.10. The van der Waals surface area contributed by atoms with Gasteiger partial charge in [-0.25, -0.2) is 0 Å². The highest BCUT2D eigenvalue weighted by atomic mass is 79.9. The fraction of sp³-hybridized carbons (Fsp3) is 0.625. The van der Waals surface area contributed by atoms with Gasteiger partial charge < -0.3 is 14.8 Å². The Morgan fingerprint density at radius 3 is 3.05 bits per heavy atom. The second-order valence-electron chi connectivity index (χ2n) is 5.29. The maximum absolute atomic E-state index is 5.81. The van der Waals surface area contributed by atoms with E-state index in [1.807, 2.05) is 0 Å². The smallest absolute Gasteiger partial charge is 0.125 e. The number of rotatable bonds is 8. The first-order valence-corrected chi connectivity index (χ1v) is 8.20. The molecule has 0 bridgehead atoms. The zero-order valence-corrected chi connectivity index (χ0v) is 14.0. The molecule has 3 nitrogen and oxygen atoms in total. The SMILES string of the molecule is CCCNC(CCOC)Cc1cc(Br)cc2c1OCC2. The van der Waals surface area contributed by atoms with Crippen molar-refractivity contribution in [3.8, 4) is 5.75 Å². The first-order chi connectivity index (χ1) is 9.74. The van der Waals surface area contributed by atoms with E-state index >= 15 is 0 Å². The van der Waals surface area contributed by atoms with Crippen LogP contribution in [0.2, 0.25) is 0 Å². The van der Waals surface area contributed by atoms with Gasteiger partial charge >= 0.3 is 0 Å². The Morgan fingerprint density at radius 1 is 1.45 bits per heavy atom. The van der Waals surface area contributed by atoms with Gasteiger partial charge in [0, 0.05) is 30.7 Å². The van der Waals surface area contributed by atoms with Gasteiger partial charge in [-0.15, -0.1) is 0 Å². The summed E-state index contributed by atoms with van der Waals surface area (Å²) in [4.78, 5) is 0. The number of hydrogen-bond donors (Lipinski definition) is 1. The molecule has 0 saturated heterocycles. The summed E-state index contributed by atoms with van der Waals surface area (Å²) in [6.45, 7) is 4.84. The Hall–Kier alpha value is -0.580. The lowest BCUT2D eigenvalue weighted by molar-refractivity contribution is 0.182. The van der Waals surface area contributed by atoms with Gasteiger partial charge in [-0.2, -0.15) is 0 Å². The summed E-state index contributed by atoms with van der Waals surface area (Å²) in [5, 5.41) is 3.61. The van der Waals surface area contributed by atoms with Crippen molar-refractivity contribution in [1.82, 2.24) is 5.32 Å². The van der Waals surface area contributed by atoms with Crippen molar-refractivity contribution in [1.29, 1.82) is 0 Å². The van der Waals surface area contributed by atoms with Crippen LogP contribution in [-0.2, 0) is 17.6 Å². The van der Waals surface area contributed by atoms with Gasteiger partial charge in [0.1, 0.15) is 5.75 Å². The molecule has 1 atom stereocenters. The molecule has 0 aliphatic carbocycles. The summed E-state index contributed by atoms with van der Waals surface area (Å²) < 4.78 is 12.2. The quantitative estimate of drug-likeness (QED) is 0.786. The third kappa shape index (κ3) is 4.21. The fourth-order valence-corrected chi connectivity index (χ4v) is 3.20. The summed E-state index contributed by atoms with van der Waals surface area (Å²) in [5.41, 5.74) is 2.63. The molecule has 1 aliphatic rings. The topological polar surface area (TPSA) is 30.5 Å². The van der Waals surface area contributed by atoms with E-state index in [9.17, 15) is 0 Å². The number of halogens is 1. The summed E-state index contributed by atoms with van der Waals surface area (Å²) in [5.74, 6) is 1.11. The van der Waals surface area contributed by atoms with Gasteiger partial charge in [-0.3, -0.25) is 0 Å². The van der Waals surface area contributed by atoms with Crippen molar-refractivity contribution in [3.05, 3.63) is 27.7 Å². The minimum atomic E-state index is 0.442. The maximum atomic E-state index is 5.81. The van der Waals surface area contributed by atoms with Gasteiger partial charge in [0.15, 0.2) is 0 Å². The Kier molecular flexibility index (Phi) is 6.33. The van der Waals surface area contributed by atoms with Gasteiger partial charge in [0.2, 0.25) is 0 Å². The number of nitrogens with one attached hydrogen (secondary N) is 1. The summed E-state index contributed by atoms with van der Waals surface area (Å²) in [7, 11) is 1.76. The molecular formula is C16H24BrNO2. The van der Waals surface area contributed by atoms with Crippen LogP contribution in [-0.4, -0.2) is 32.9 Å². The molecule has 112 valence electrons. The lowest BCUT2D eigenvalue weighted by atomic mass is 10.00. The minimum absolute atomic E-state index is 0.442. The van der Waals surface area contributed by atoms with Crippen LogP contribution in [0.1, 0.15) is 30.9 Å². The van der Waals surface area contributed by atoms with E-state index in [1.54, 1.807) is 7.11 Å². The number of hydrogen-bond acceptors (Lipinski definition) is 3. The average Bonchev–Trinajstić information content (AvgIpc) is 2.89. The van der Waals surface area contributed by atoms with Crippen molar-refractivity contribution < 1.29 is 9.47 Å². The van der Waals surface area contributed by atoms with Crippen LogP contribution in [0.4, 0.5) is 0 Å².